The quantitative estimate of drug-likeness (QED) is 0.260. The molecular formula is C17H23NO9S. The molecule has 1 heterocycles. The molecule has 7 N–H and O–H groups in total. The lowest BCUT2D eigenvalue weighted by Gasteiger charge is -2.48. The van der Waals surface area contributed by atoms with Gasteiger partial charge in [0.15, 0.2) is 0 Å². The highest BCUT2D eigenvalue weighted by Gasteiger charge is 2.60. The summed E-state index contributed by atoms with van der Waals surface area (Å²) >= 11 is 0.816. The first kappa shape index (κ1) is 22.6. The summed E-state index contributed by atoms with van der Waals surface area (Å²) in [6.45, 7) is 0.244. The van der Waals surface area contributed by atoms with Gasteiger partial charge in [-0.25, -0.2) is 4.79 Å². The van der Waals surface area contributed by atoms with Gasteiger partial charge in [0.2, 0.25) is 5.91 Å². The van der Waals surface area contributed by atoms with Crippen LogP contribution >= 0.6 is 11.8 Å². The molecule has 7 atom stereocenters. The number of carbonyl (C=O) groups is 2. The molecule has 0 radical (unpaired) electrons. The third-order valence-corrected chi connectivity index (χ3v) is 5.73. The molecule has 1 aromatic rings. The fraction of sp³-hybridized carbons (Fsp3) is 0.529. The molecular weight excluding hydrogens is 394 g/mol. The Hall–Kier alpha value is -1.73. The van der Waals surface area contributed by atoms with Crippen LogP contribution in [0.25, 0.3) is 0 Å². The fourth-order valence-corrected chi connectivity index (χ4v) is 4.17. The molecule has 1 amide bonds. The number of carboxylic acid groups (broad SMARTS) is 1. The Balaban J connectivity index is 2.45. The minimum Gasteiger partial charge on any atom is -0.477 e. The maximum absolute atomic E-state index is 11.8. The minimum atomic E-state index is -2.95. The van der Waals surface area contributed by atoms with Crippen molar-refractivity contribution in [2.75, 3.05) is 6.61 Å². The number of aliphatic hydroxyl groups is 5. The number of thioether (sulfide) groups is 1. The van der Waals surface area contributed by atoms with Crippen LogP contribution in [-0.4, -0.2) is 90.6 Å². The van der Waals surface area contributed by atoms with Crippen LogP contribution in [0, 0.1) is 0 Å². The summed E-state index contributed by atoms with van der Waals surface area (Å²) in [6.07, 6.45) is -7.06. The number of nitrogens with one attached hydrogen (secondary N) is 1. The van der Waals surface area contributed by atoms with E-state index in [0.29, 0.717) is 4.90 Å². The minimum absolute atomic E-state index is 0.519. The molecule has 2 rings (SSSR count). The third kappa shape index (κ3) is 4.63. The van der Waals surface area contributed by atoms with Crippen molar-refractivity contribution in [2.45, 2.75) is 53.3 Å². The maximum atomic E-state index is 11.8. The van der Waals surface area contributed by atoms with Crippen molar-refractivity contribution in [1.29, 1.82) is 0 Å². The first-order valence-electron chi connectivity index (χ1n) is 8.39. The zero-order valence-corrected chi connectivity index (χ0v) is 15.7. The Morgan fingerprint density at radius 1 is 1.29 bits per heavy atom. The highest BCUT2D eigenvalue weighted by molar-refractivity contribution is 8.00. The summed E-state index contributed by atoms with van der Waals surface area (Å²) in [5, 5.41) is 60.9. The molecule has 1 aromatic carbocycles. The van der Waals surface area contributed by atoms with Crippen LogP contribution in [0.2, 0.25) is 0 Å². The number of carboxylic acids is 1. The largest absolute Gasteiger partial charge is 0.477 e. The fourth-order valence-electron chi connectivity index (χ4n) is 2.94. The summed E-state index contributed by atoms with van der Waals surface area (Å²) in [6, 6.07) is 6.97. The topological polar surface area (TPSA) is 177 Å². The lowest BCUT2D eigenvalue weighted by molar-refractivity contribution is -0.291. The molecule has 28 heavy (non-hydrogen) atoms. The number of benzene rings is 1. The first-order chi connectivity index (χ1) is 13.1. The summed E-state index contributed by atoms with van der Waals surface area (Å²) in [4.78, 5) is 23.9. The zero-order chi connectivity index (χ0) is 21.1. The van der Waals surface area contributed by atoms with Gasteiger partial charge in [-0.2, -0.15) is 0 Å². The molecule has 10 nitrogen and oxygen atoms in total. The van der Waals surface area contributed by atoms with Gasteiger partial charge in [0.05, 0.1) is 18.8 Å². The molecule has 0 bridgehead atoms. The van der Waals surface area contributed by atoms with Gasteiger partial charge in [0.1, 0.15) is 23.6 Å². The number of hydrogen-bond acceptors (Lipinski definition) is 9. The molecule has 11 heteroatoms. The zero-order valence-electron chi connectivity index (χ0n) is 14.9. The van der Waals surface area contributed by atoms with Gasteiger partial charge in [-0.3, -0.25) is 4.79 Å². The summed E-state index contributed by atoms with van der Waals surface area (Å²) < 4.78 is 5.23. The van der Waals surface area contributed by atoms with Crippen LogP contribution in [0.1, 0.15) is 6.92 Å². The van der Waals surface area contributed by atoms with Crippen molar-refractivity contribution < 1.29 is 45.0 Å². The van der Waals surface area contributed by atoms with Crippen molar-refractivity contribution in [2.24, 2.45) is 0 Å². The number of carbonyl (C=O) groups excluding carboxylic acids is 1. The van der Waals surface area contributed by atoms with Crippen molar-refractivity contribution in [1.82, 2.24) is 5.32 Å². The molecule has 1 aliphatic rings. The highest BCUT2D eigenvalue weighted by Crippen LogP contribution is 2.40. The van der Waals surface area contributed by atoms with Gasteiger partial charge in [-0.15, -0.1) is 11.8 Å². The van der Waals surface area contributed by atoms with E-state index in [4.69, 9.17) is 9.84 Å². The van der Waals surface area contributed by atoms with Crippen molar-refractivity contribution in [3.05, 3.63) is 30.3 Å². The van der Waals surface area contributed by atoms with Crippen molar-refractivity contribution in [3.8, 4) is 0 Å². The van der Waals surface area contributed by atoms with E-state index in [9.17, 15) is 35.1 Å². The Bertz CT molecular complexity index is 690. The van der Waals surface area contributed by atoms with Gasteiger partial charge in [-0.1, -0.05) is 18.2 Å². The molecule has 156 valence electrons. The lowest BCUT2D eigenvalue weighted by atomic mass is 9.88. The van der Waals surface area contributed by atoms with E-state index in [1.54, 1.807) is 30.3 Å². The van der Waals surface area contributed by atoms with Crippen molar-refractivity contribution in [3.63, 3.8) is 0 Å². The number of rotatable bonds is 7. The van der Waals surface area contributed by atoms with Gasteiger partial charge in [-0.05, 0) is 12.1 Å². The molecule has 1 aliphatic heterocycles. The van der Waals surface area contributed by atoms with Crippen LogP contribution in [0.3, 0.4) is 0 Å². The molecule has 1 fully saturated rings. The molecule has 1 saturated heterocycles. The molecule has 2 unspecified atom stereocenters. The molecule has 0 saturated carbocycles. The molecule has 0 aromatic heterocycles. The summed E-state index contributed by atoms with van der Waals surface area (Å²) in [5.74, 6) is -5.39. The Kier molecular flexibility index (Phi) is 7.39. The third-order valence-electron chi connectivity index (χ3n) is 4.33. The number of aliphatic hydroxyl groups excluding tert-OH is 4. The first-order valence-corrected chi connectivity index (χ1v) is 9.27. The van der Waals surface area contributed by atoms with Crippen LogP contribution in [-0.2, 0) is 14.3 Å². The second kappa shape index (κ2) is 9.18. The van der Waals surface area contributed by atoms with Gasteiger partial charge >= 0.3 is 5.97 Å². The predicted octanol–water partition coefficient (Wildman–Crippen LogP) is -2.10. The Labute approximate surface area is 164 Å². The van der Waals surface area contributed by atoms with Gasteiger partial charge < -0.3 is 40.7 Å². The lowest BCUT2D eigenvalue weighted by Crippen LogP contribution is -2.72. The van der Waals surface area contributed by atoms with E-state index < -0.39 is 60.0 Å². The standard InChI is InChI=1S/C17H23NO9S/c1-8(20)18-11-13(23)15(28-9-5-3-2-4-6-9)17(26,16(24)25)27-14(11)12(22)10(21)7-19/h2-6,10-15,19,21-23,26H,7H2,1H3,(H,18,20)(H,24,25)/t10-,11-,12?,13-,14-,15?,17-/m1/s1. The van der Waals surface area contributed by atoms with E-state index >= 15 is 0 Å². The van der Waals surface area contributed by atoms with E-state index in [-0.39, 0.29) is 0 Å². The number of aliphatic carboxylic acids is 1. The van der Waals surface area contributed by atoms with Crippen LogP contribution < -0.4 is 5.32 Å². The van der Waals surface area contributed by atoms with Crippen LogP contribution in [0.15, 0.2) is 35.2 Å². The summed E-state index contributed by atoms with van der Waals surface area (Å²) in [7, 11) is 0. The summed E-state index contributed by atoms with van der Waals surface area (Å²) in [5.41, 5.74) is 0. The van der Waals surface area contributed by atoms with E-state index in [2.05, 4.69) is 5.32 Å². The van der Waals surface area contributed by atoms with Crippen molar-refractivity contribution >= 4 is 23.6 Å². The number of hydrogen-bond donors (Lipinski definition) is 7. The average molecular weight is 417 g/mol. The van der Waals surface area contributed by atoms with Crippen LogP contribution in [0.4, 0.5) is 0 Å². The SMILES string of the molecule is CC(=O)N[C@@H]1[C@@H](O)C(Sc2ccccc2)[C@](O)(C(=O)O)O[C@H]1C(O)[C@H](O)CO. The number of amides is 1. The Morgan fingerprint density at radius 2 is 1.89 bits per heavy atom. The van der Waals surface area contributed by atoms with E-state index in [0.717, 1.165) is 18.7 Å². The Morgan fingerprint density at radius 3 is 2.39 bits per heavy atom. The predicted molar refractivity (Wildman–Crippen MR) is 96.3 cm³/mol. The normalized spacial score (nSPS) is 32.4. The smallest absolute Gasteiger partial charge is 0.365 e. The van der Waals surface area contributed by atoms with Gasteiger partial charge in [0, 0.05) is 11.8 Å². The molecule has 0 aliphatic carbocycles. The second-order valence-corrected chi connectivity index (χ2v) is 7.61. The van der Waals surface area contributed by atoms with E-state index in [1.165, 1.54) is 0 Å². The van der Waals surface area contributed by atoms with Crippen LogP contribution in [0.5, 0.6) is 0 Å². The highest BCUT2D eigenvalue weighted by atomic mass is 32.2. The monoisotopic (exact) mass is 417 g/mol. The molecule has 0 spiro atoms. The maximum Gasteiger partial charge on any atom is 0.365 e. The van der Waals surface area contributed by atoms with Gasteiger partial charge in [0.25, 0.3) is 5.79 Å². The average Bonchev–Trinajstić information content (AvgIpc) is 2.66. The van der Waals surface area contributed by atoms with E-state index in [1.807, 2.05) is 0 Å². The number of ether oxygens (including phenoxy) is 1. The second-order valence-electron chi connectivity index (χ2n) is 6.39.